The molecule has 90 valence electrons. The van der Waals surface area contributed by atoms with Crippen molar-refractivity contribution in [3.63, 3.8) is 0 Å². The maximum atomic E-state index is 10.2. The molecule has 1 aliphatic rings. The second-order valence-electron chi connectivity index (χ2n) is 4.53. The number of ether oxygens (including phenoxy) is 1. The summed E-state index contributed by atoms with van der Waals surface area (Å²) < 4.78 is 7.50. The van der Waals surface area contributed by atoms with Crippen molar-refractivity contribution in [2.45, 2.75) is 50.9 Å². The fraction of sp³-hybridized carbons (Fsp3) is 0.750. The van der Waals surface area contributed by atoms with Crippen LogP contribution in [0.4, 0.5) is 0 Å². The van der Waals surface area contributed by atoms with Gasteiger partial charge in [-0.2, -0.15) is 0 Å². The van der Waals surface area contributed by atoms with E-state index < -0.39 is 6.10 Å². The van der Waals surface area contributed by atoms with Crippen molar-refractivity contribution in [3.8, 4) is 0 Å². The number of imidazole rings is 1. The van der Waals surface area contributed by atoms with Crippen molar-refractivity contribution in [1.82, 2.24) is 9.55 Å². The van der Waals surface area contributed by atoms with Gasteiger partial charge in [0, 0.05) is 32.5 Å². The highest BCUT2D eigenvalue weighted by atomic mass is 16.5. The first kappa shape index (κ1) is 11.6. The van der Waals surface area contributed by atoms with E-state index in [0.29, 0.717) is 6.42 Å². The van der Waals surface area contributed by atoms with Crippen LogP contribution in [0.2, 0.25) is 0 Å². The molecular weight excluding hydrogens is 204 g/mol. The maximum Gasteiger partial charge on any atom is 0.137 e. The minimum atomic E-state index is -0.518. The monoisotopic (exact) mass is 224 g/mol. The molecule has 1 aromatic heterocycles. The predicted octanol–water partition coefficient (Wildman–Crippen LogP) is 1.90. The van der Waals surface area contributed by atoms with Crippen LogP contribution in [0.15, 0.2) is 12.4 Å². The van der Waals surface area contributed by atoms with E-state index in [-0.39, 0.29) is 5.60 Å². The average molecular weight is 224 g/mol. The second kappa shape index (κ2) is 4.55. The van der Waals surface area contributed by atoms with Crippen LogP contribution in [0.3, 0.4) is 0 Å². The third-order valence-corrected chi connectivity index (χ3v) is 3.65. The van der Waals surface area contributed by atoms with Gasteiger partial charge in [0.15, 0.2) is 0 Å². The fourth-order valence-corrected chi connectivity index (χ4v) is 2.39. The lowest BCUT2D eigenvalue weighted by molar-refractivity contribution is -0.101. The molecule has 1 N–H and O–H groups in total. The molecule has 1 aliphatic carbocycles. The summed E-state index contributed by atoms with van der Waals surface area (Å²) in [6.45, 7) is 2.89. The molecule has 0 saturated heterocycles. The predicted molar refractivity (Wildman–Crippen MR) is 61.1 cm³/mol. The number of hydrogen-bond acceptors (Lipinski definition) is 3. The molecule has 1 fully saturated rings. The van der Waals surface area contributed by atoms with Gasteiger partial charge in [-0.1, -0.05) is 0 Å². The molecule has 4 nitrogen and oxygen atoms in total. The number of rotatable bonds is 5. The van der Waals surface area contributed by atoms with E-state index in [4.69, 9.17) is 4.74 Å². The Morgan fingerprint density at radius 3 is 2.88 bits per heavy atom. The summed E-state index contributed by atoms with van der Waals surface area (Å²) in [5.74, 6) is 0.755. The number of aliphatic hydroxyl groups is 1. The van der Waals surface area contributed by atoms with E-state index in [2.05, 4.69) is 4.98 Å². The van der Waals surface area contributed by atoms with E-state index >= 15 is 0 Å². The standard InChI is InChI=1S/C12H20N2O2/c1-3-14-8-7-13-11(14)10(15)9-12(16-2)5-4-6-12/h7-8,10,15H,3-6,9H2,1-2H3. The van der Waals surface area contributed by atoms with E-state index in [1.165, 1.54) is 6.42 Å². The minimum absolute atomic E-state index is 0.107. The third-order valence-electron chi connectivity index (χ3n) is 3.65. The van der Waals surface area contributed by atoms with Crippen molar-refractivity contribution < 1.29 is 9.84 Å². The zero-order chi connectivity index (χ0) is 11.6. The van der Waals surface area contributed by atoms with Crippen molar-refractivity contribution in [2.75, 3.05) is 7.11 Å². The molecule has 0 spiro atoms. The first-order valence-corrected chi connectivity index (χ1v) is 5.95. The molecule has 1 atom stereocenters. The number of aromatic nitrogens is 2. The summed E-state index contributed by atoms with van der Waals surface area (Å²) in [5, 5.41) is 10.2. The van der Waals surface area contributed by atoms with Crippen LogP contribution in [0.1, 0.15) is 44.5 Å². The molecule has 0 radical (unpaired) electrons. The maximum absolute atomic E-state index is 10.2. The van der Waals surface area contributed by atoms with Gasteiger partial charge in [-0.3, -0.25) is 0 Å². The lowest BCUT2D eigenvalue weighted by Gasteiger charge is -2.41. The molecule has 2 rings (SSSR count). The highest BCUT2D eigenvalue weighted by Gasteiger charge is 2.39. The number of aryl methyl sites for hydroxylation is 1. The molecule has 0 aromatic carbocycles. The van der Waals surface area contributed by atoms with Gasteiger partial charge in [-0.25, -0.2) is 4.98 Å². The van der Waals surface area contributed by atoms with Crippen molar-refractivity contribution in [1.29, 1.82) is 0 Å². The minimum Gasteiger partial charge on any atom is -0.385 e. The lowest BCUT2D eigenvalue weighted by atomic mass is 9.76. The van der Waals surface area contributed by atoms with E-state index in [1.54, 1.807) is 13.3 Å². The van der Waals surface area contributed by atoms with Gasteiger partial charge in [0.05, 0.1) is 5.60 Å². The van der Waals surface area contributed by atoms with Gasteiger partial charge in [-0.05, 0) is 26.2 Å². The molecule has 16 heavy (non-hydrogen) atoms. The summed E-state index contributed by atoms with van der Waals surface area (Å²) in [4.78, 5) is 4.22. The molecule has 0 bridgehead atoms. The summed E-state index contributed by atoms with van der Waals surface area (Å²) >= 11 is 0. The largest absolute Gasteiger partial charge is 0.385 e. The Morgan fingerprint density at radius 1 is 1.62 bits per heavy atom. The third kappa shape index (κ3) is 1.99. The van der Waals surface area contributed by atoms with Crippen LogP contribution in [0, 0.1) is 0 Å². The summed E-state index contributed by atoms with van der Waals surface area (Å²) in [6, 6.07) is 0. The summed E-state index contributed by atoms with van der Waals surface area (Å²) in [7, 11) is 1.73. The van der Waals surface area contributed by atoms with Gasteiger partial charge in [-0.15, -0.1) is 0 Å². The van der Waals surface area contributed by atoms with Gasteiger partial charge >= 0.3 is 0 Å². The van der Waals surface area contributed by atoms with Crippen molar-refractivity contribution >= 4 is 0 Å². The Balaban J connectivity index is 2.05. The van der Waals surface area contributed by atoms with Gasteiger partial charge in [0.1, 0.15) is 11.9 Å². The van der Waals surface area contributed by atoms with Crippen molar-refractivity contribution in [3.05, 3.63) is 18.2 Å². The molecule has 1 saturated carbocycles. The normalized spacial score (nSPS) is 20.4. The molecule has 1 heterocycles. The molecule has 1 aromatic rings. The van der Waals surface area contributed by atoms with Crippen molar-refractivity contribution in [2.24, 2.45) is 0 Å². The van der Waals surface area contributed by atoms with E-state index in [1.807, 2.05) is 17.7 Å². The molecule has 1 unspecified atom stereocenters. The Labute approximate surface area is 96.3 Å². The van der Waals surface area contributed by atoms with Gasteiger partial charge in [0.25, 0.3) is 0 Å². The number of hydrogen-bond donors (Lipinski definition) is 1. The van der Waals surface area contributed by atoms with Crippen LogP contribution in [0.25, 0.3) is 0 Å². The SMILES string of the molecule is CCn1ccnc1C(O)CC1(OC)CCC1. The Morgan fingerprint density at radius 2 is 2.38 bits per heavy atom. The van der Waals surface area contributed by atoms with Crippen LogP contribution in [-0.2, 0) is 11.3 Å². The molecule has 4 heteroatoms. The number of methoxy groups -OCH3 is 1. The summed E-state index contributed by atoms with van der Waals surface area (Å²) in [6.07, 6.45) is 7.07. The second-order valence-corrected chi connectivity index (χ2v) is 4.53. The first-order valence-electron chi connectivity index (χ1n) is 5.95. The first-order chi connectivity index (χ1) is 7.71. The zero-order valence-corrected chi connectivity index (χ0v) is 10.0. The average Bonchev–Trinajstić information content (AvgIpc) is 2.71. The van der Waals surface area contributed by atoms with E-state index in [0.717, 1.165) is 25.2 Å². The molecule has 0 aliphatic heterocycles. The highest BCUT2D eigenvalue weighted by Crippen LogP contribution is 2.41. The van der Waals surface area contributed by atoms with Crippen LogP contribution < -0.4 is 0 Å². The fourth-order valence-electron chi connectivity index (χ4n) is 2.39. The zero-order valence-electron chi connectivity index (χ0n) is 10.0. The summed E-state index contributed by atoms with van der Waals surface area (Å²) in [5.41, 5.74) is -0.107. The van der Waals surface area contributed by atoms with Gasteiger partial charge < -0.3 is 14.4 Å². The van der Waals surface area contributed by atoms with Crippen LogP contribution in [-0.4, -0.2) is 27.4 Å². The van der Waals surface area contributed by atoms with Gasteiger partial charge in [0.2, 0.25) is 0 Å². The number of nitrogens with zero attached hydrogens (tertiary/aromatic N) is 2. The lowest BCUT2D eigenvalue weighted by Crippen LogP contribution is -2.40. The highest BCUT2D eigenvalue weighted by molar-refractivity contribution is 5.01. The molecular formula is C12H20N2O2. The van der Waals surface area contributed by atoms with Crippen LogP contribution in [0.5, 0.6) is 0 Å². The topological polar surface area (TPSA) is 47.3 Å². The quantitative estimate of drug-likeness (QED) is 0.831. The Kier molecular flexibility index (Phi) is 3.30. The molecule has 0 amide bonds. The van der Waals surface area contributed by atoms with Crippen LogP contribution >= 0.6 is 0 Å². The number of aliphatic hydroxyl groups excluding tert-OH is 1. The Hall–Kier alpha value is -0.870. The smallest absolute Gasteiger partial charge is 0.137 e. The Bertz CT molecular complexity index is 339. The van der Waals surface area contributed by atoms with E-state index in [9.17, 15) is 5.11 Å².